The number of hydrogen-bond acceptors (Lipinski definition) is 6. The molecule has 2 aliphatic rings. The Hall–Kier alpha value is -2.00. The number of aliphatic carboxylic acids is 1. The highest BCUT2D eigenvalue weighted by Gasteiger charge is 2.56. The number of rotatable bonds is 6. The number of aliphatic hydroxyl groups is 1. The first-order chi connectivity index (χ1) is 11.3. The number of carboxylic acids is 1. The number of β-lactam (4-membered cyclic amide) rings is 1. The maximum Gasteiger partial charge on any atom is 0.353 e. The predicted molar refractivity (Wildman–Crippen MR) is 88.9 cm³/mol. The second-order valence-corrected chi connectivity index (χ2v) is 7.24. The van der Waals surface area contributed by atoms with E-state index in [1.54, 1.807) is 13.1 Å². The van der Waals surface area contributed by atoms with Gasteiger partial charge in [-0.15, -0.1) is 11.8 Å². The number of amides is 1. The Morgan fingerprint density at radius 2 is 2.29 bits per heavy atom. The van der Waals surface area contributed by atoms with Crippen LogP contribution in [0, 0.1) is 12.8 Å². The Morgan fingerprint density at radius 1 is 1.58 bits per heavy atom. The van der Waals surface area contributed by atoms with Crippen LogP contribution in [0.15, 0.2) is 16.8 Å². The van der Waals surface area contributed by atoms with E-state index in [4.69, 9.17) is 5.73 Å². The molecule has 1 saturated heterocycles. The molecular formula is C15H20N4O4S. The van der Waals surface area contributed by atoms with Gasteiger partial charge in [-0.3, -0.25) is 4.79 Å². The van der Waals surface area contributed by atoms with Crippen LogP contribution in [-0.2, 0) is 16.1 Å². The van der Waals surface area contributed by atoms with Crippen molar-refractivity contribution in [2.75, 3.05) is 11.5 Å². The molecule has 1 amide bonds. The molecule has 0 aliphatic carbocycles. The van der Waals surface area contributed by atoms with Crippen LogP contribution in [0.4, 0.5) is 5.82 Å². The number of nitrogens with two attached hydrogens (primary N) is 1. The number of thioether (sulfide) groups is 1. The molecule has 3 rings (SSSR count). The normalized spacial score (nSPS) is 24.1. The summed E-state index contributed by atoms with van der Waals surface area (Å²) < 4.78 is 1.86. The summed E-state index contributed by atoms with van der Waals surface area (Å²) in [6, 6.07) is -0.244. The van der Waals surface area contributed by atoms with Crippen molar-refractivity contribution in [1.82, 2.24) is 14.5 Å². The highest BCUT2D eigenvalue weighted by atomic mass is 32.2. The fourth-order valence-corrected chi connectivity index (χ4v) is 4.53. The standard InChI is InChI=1S/C15H20N4O4S/c1-7(20)12-9-5-10(13(15(22)23)19(9)14(12)21)24-4-3-18-8(2)17-6-11(18)16/h6-7,9,12,20H,3-5,16H2,1-2H3,(H,22,23)/t7-,9+,12+/m0/s1. The summed E-state index contributed by atoms with van der Waals surface area (Å²) in [5.41, 5.74) is 5.90. The SMILES string of the molecule is Cc1ncc(N)n1CCSC1=C(C(=O)O)N2C(=O)[C@H]([C@H](C)O)[C@H]2C1. The number of imidazole rings is 1. The Kier molecular flexibility index (Phi) is 4.31. The lowest BCUT2D eigenvalue weighted by molar-refractivity contribution is -0.161. The van der Waals surface area contributed by atoms with Gasteiger partial charge in [-0.25, -0.2) is 9.78 Å². The number of aromatic nitrogens is 2. The molecule has 9 heteroatoms. The lowest BCUT2D eigenvalue weighted by atomic mass is 9.83. The number of fused-ring (bicyclic) bond motifs is 1. The van der Waals surface area contributed by atoms with Gasteiger partial charge in [-0.2, -0.15) is 0 Å². The van der Waals surface area contributed by atoms with Crippen LogP contribution in [-0.4, -0.2) is 54.4 Å². The number of nitrogens with zero attached hydrogens (tertiary/aromatic N) is 3. The van der Waals surface area contributed by atoms with Crippen molar-refractivity contribution in [2.45, 2.75) is 39.0 Å². The third-order valence-corrected chi connectivity index (χ3v) is 5.66. The van der Waals surface area contributed by atoms with Crippen molar-refractivity contribution in [3.8, 4) is 0 Å². The molecule has 4 N–H and O–H groups in total. The number of carbonyl (C=O) groups is 2. The quantitative estimate of drug-likeness (QED) is 0.634. The maximum absolute atomic E-state index is 12.1. The van der Waals surface area contributed by atoms with Crippen molar-refractivity contribution < 1.29 is 19.8 Å². The first-order valence-corrected chi connectivity index (χ1v) is 8.69. The molecule has 130 valence electrons. The van der Waals surface area contributed by atoms with Gasteiger partial charge in [0, 0.05) is 23.6 Å². The molecule has 0 radical (unpaired) electrons. The number of nitrogen functional groups attached to an aromatic ring is 1. The summed E-state index contributed by atoms with van der Waals surface area (Å²) in [7, 11) is 0. The van der Waals surface area contributed by atoms with Gasteiger partial charge in [0.05, 0.1) is 24.3 Å². The topological polar surface area (TPSA) is 122 Å². The molecule has 1 aromatic rings. The minimum Gasteiger partial charge on any atom is -0.477 e. The zero-order valence-electron chi connectivity index (χ0n) is 13.5. The molecule has 3 heterocycles. The van der Waals surface area contributed by atoms with Gasteiger partial charge in [0.2, 0.25) is 5.91 Å². The van der Waals surface area contributed by atoms with E-state index in [1.807, 2.05) is 11.5 Å². The van der Waals surface area contributed by atoms with E-state index in [-0.39, 0.29) is 17.6 Å². The largest absolute Gasteiger partial charge is 0.477 e. The Bertz CT molecular complexity index is 708. The van der Waals surface area contributed by atoms with Crippen molar-refractivity contribution in [1.29, 1.82) is 0 Å². The van der Waals surface area contributed by atoms with E-state index in [2.05, 4.69) is 4.98 Å². The van der Waals surface area contributed by atoms with Gasteiger partial charge in [0.1, 0.15) is 17.3 Å². The van der Waals surface area contributed by atoms with E-state index in [9.17, 15) is 19.8 Å². The van der Waals surface area contributed by atoms with Crippen LogP contribution in [0.25, 0.3) is 0 Å². The highest BCUT2D eigenvalue weighted by molar-refractivity contribution is 8.03. The summed E-state index contributed by atoms with van der Waals surface area (Å²) in [4.78, 5) is 29.8. The van der Waals surface area contributed by atoms with Crippen LogP contribution in [0.3, 0.4) is 0 Å². The van der Waals surface area contributed by atoms with Crippen molar-refractivity contribution in [3.63, 3.8) is 0 Å². The van der Waals surface area contributed by atoms with E-state index >= 15 is 0 Å². The maximum atomic E-state index is 12.1. The first kappa shape index (κ1) is 16.8. The second kappa shape index (κ2) is 6.14. The summed E-state index contributed by atoms with van der Waals surface area (Å²) >= 11 is 1.42. The zero-order chi connectivity index (χ0) is 17.6. The van der Waals surface area contributed by atoms with Crippen LogP contribution in [0.5, 0.6) is 0 Å². The van der Waals surface area contributed by atoms with Gasteiger partial charge in [-0.05, 0) is 13.8 Å². The fraction of sp³-hybridized carbons (Fsp3) is 0.533. The van der Waals surface area contributed by atoms with E-state index < -0.39 is 18.0 Å². The van der Waals surface area contributed by atoms with E-state index in [1.165, 1.54) is 16.7 Å². The molecular weight excluding hydrogens is 332 g/mol. The zero-order valence-corrected chi connectivity index (χ0v) is 14.3. The minimum atomic E-state index is -1.10. The number of aliphatic hydroxyl groups excluding tert-OH is 1. The van der Waals surface area contributed by atoms with Gasteiger partial charge in [-0.1, -0.05) is 0 Å². The Labute approximate surface area is 143 Å². The molecule has 3 atom stereocenters. The Morgan fingerprint density at radius 3 is 2.83 bits per heavy atom. The average Bonchev–Trinajstić information content (AvgIpc) is 2.98. The molecule has 0 aromatic carbocycles. The summed E-state index contributed by atoms with van der Waals surface area (Å²) in [5, 5.41) is 19.2. The summed E-state index contributed by atoms with van der Waals surface area (Å²) in [6.45, 7) is 4.03. The van der Waals surface area contributed by atoms with Gasteiger partial charge >= 0.3 is 5.97 Å². The molecule has 0 unspecified atom stereocenters. The summed E-state index contributed by atoms with van der Waals surface area (Å²) in [5.74, 6) is 0.0828. The second-order valence-electron chi connectivity index (χ2n) is 6.05. The minimum absolute atomic E-state index is 0.0576. The molecule has 1 fully saturated rings. The number of anilines is 1. The molecule has 24 heavy (non-hydrogen) atoms. The van der Waals surface area contributed by atoms with Crippen molar-refractivity contribution in [3.05, 3.63) is 22.6 Å². The third kappa shape index (κ3) is 2.57. The van der Waals surface area contributed by atoms with Crippen LogP contribution >= 0.6 is 11.8 Å². The first-order valence-electron chi connectivity index (χ1n) is 7.71. The van der Waals surface area contributed by atoms with Crippen LogP contribution in [0.1, 0.15) is 19.2 Å². The van der Waals surface area contributed by atoms with Crippen molar-refractivity contribution >= 4 is 29.5 Å². The van der Waals surface area contributed by atoms with Gasteiger partial charge in [0.25, 0.3) is 0 Å². The molecule has 0 spiro atoms. The monoisotopic (exact) mass is 352 g/mol. The number of carboxylic acid groups (broad SMARTS) is 1. The fourth-order valence-electron chi connectivity index (χ4n) is 3.40. The van der Waals surface area contributed by atoms with Crippen LogP contribution in [0.2, 0.25) is 0 Å². The molecule has 2 aliphatic heterocycles. The number of carbonyl (C=O) groups excluding carboxylic acids is 1. The average molecular weight is 352 g/mol. The summed E-state index contributed by atoms with van der Waals surface area (Å²) in [6.07, 6.45) is 1.30. The highest BCUT2D eigenvalue weighted by Crippen LogP contribution is 2.47. The molecule has 0 saturated carbocycles. The predicted octanol–water partition coefficient (Wildman–Crippen LogP) is 0.415. The van der Waals surface area contributed by atoms with Crippen molar-refractivity contribution in [2.24, 2.45) is 5.92 Å². The molecule has 0 bridgehead atoms. The molecule has 8 nitrogen and oxygen atoms in total. The number of hydrogen-bond donors (Lipinski definition) is 3. The smallest absolute Gasteiger partial charge is 0.353 e. The van der Waals surface area contributed by atoms with Gasteiger partial charge in [0.15, 0.2) is 0 Å². The third-order valence-electron chi connectivity index (χ3n) is 4.57. The van der Waals surface area contributed by atoms with E-state index in [0.29, 0.717) is 29.4 Å². The van der Waals surface area contributed by atoms with Crippen LogP contribution < -0.4 is 5.73 Å². The number of aryl methyl sites for hydroxylation is 1. The lowest BCUT2D eigenvalue weighted by Gasteiger charge is -2.44. The van der Waals surface area contributed by atoms with Gasteiger partial charge < -0.3 is 25.4 Å². The molecule has 1 aromatic heterocycles. The lowest BCUT2D eigenvalue weighted by Crippen LogP contribution is -2.61. The Balaban J connectivity index is 1.71. The van der Waals surface area contributed by atoms with E-state index in [0.717, 1.165) is 5.82 Å².